The number of hydrogen-bond acceptors (Lipinski definition) is 4. The number of benzene rings is 2. The van der Waals surface area contributed by atoms with Crippen LogP contribution in [0.2, 0.25) is 0 Å². The minimum atomic E-state index is -0.147. The smallest absolute Gasteiger partial charge is 0.265 e. The molecule has 2 aromatic carbocycles. The molecule has 0 N–H and O–H groups in total. The number of aryl methyl sites for hydroxylation is 1. The average Bonchev–Trinajstić information content (AvgIpc) is 3.02. The maximum atomic E-state index is 13.2. The van der Waals surface area contributed by atoms with Gasteiger partial charge in [0.05, 0.1) is 11.0 Å². The first-order valence-corrected chi connectivity index (χ1v) is 9.01. The van der Waals surface area contributed by atoms with Crippen molar-refractivity contribution in [2.75, 3.05) is 0 Å². The minimum absolute atomic E-state index is 0.147. The molecule has 0 saturated carbocycles. The monoisotopic (exact) mass is 367 g/mol. The number of aromatic nitrogens is 5. The number of para-hydroxylation sites is 2. The highest BCUT2D eigenvalue weighted by molar-refractivity contribution is 6.05. The summed E-state index contributed by atoms with van der Waals surface area (Å²) in [6.45, 7) is 6.14. The largest absolute Gasteiger partial charge is 0.295 e. The zero-order valence-corrected chi connectivity index (χ0v) is 15.3. The third kappa shape index (κ3) is 2.35. The zero-order valence-electron chi connectivity index (χ0n) is 15.3. The highest BCUT2D eigenvalue weighted by Gasteiger charge is 2.20. The number of rotatable bonds is 3. The first kappa shape index (κ1) is 16.4. The van der Waals surface area contributed by atoms with Crippen LogP contribution in [0.25, 0.3) is 38.9 Å². The fourth-order valence-corrected chi connectivity index (χ4v) is 3.55. The average molecular weight is 367 g/mol. The predicted molar refractivity (Wildman–Crippen MR) is 111 cm³/mol. The van der Waals surface area contributed by atoms with Crippen molar-refractivity contribution in [2.24, 2.45) is 0 Å². The number of hydrogen-bond donors (Lipinski definition) is 0. The molecule has 0 aliphatic carbocycles. The Balaban J connectivity index is 2.01. The van der Waals surface area contributed by atoms with Gasteiger partial charge in [-0.25, -0.2) is 15.0 Å². The standard InChI is InChI=1S/C22H17N5O/c1-3-11-26-13-23-20-18(22(26)28)19-21(25-17-10-5-4-9-16(17)24-19)27(20)15-8-6-7-14(2)12-15/h3-10,12-13H,1,11H2,2H3. The Morgan fingerprint density at radius 2 is 1.82 bits per heavy atom. The lowest BCUT2D eigenvalue weighted by molar-refractivity contribution is 0.766. The van der Waals surface area contributed by atoms with E-state index in [1.54, 1.807) is 12.4 Å². The Morgan fingerprint density at radius 1 is 1.04 bits per heavy atom. The summed E-state index contributed by atoms with van der Waals surface area (Å²) in [5.41, 5.74) is 5.13. The van der Waals surface area contributed by atoms with Crippen LogP contribution >= 0.6 is 0 Å². The molecule has 0 unspecified atom stereocenters. The lowest BCUT2D eigenvalue weighted by atomic mass is 10.2. The highest BCUT2D eigenvalue weighted by Crippen LogP contribution is 2.28. The van der Waals surface area contributed by atoms with Gasteiger partial charge in [-0.15, -0.1) is 6.58 Å². The van der Waals surface area contributed by atoms with Gasteiger partial charge in [0.1, 0.15) is 17.2 Å². The van der Waals surface area contributed by atoms with Crippen molar-refractivity contribution in [3.05, 3.63) is 83.4 Å². The minimum Gasteiger partial charge on any atom is -0.295 e. The summed E-state index contributed by atoms with van der Waals surface area (Å²) in [5.74, 6) is 0. The first-order valence-electron chi connectivity index (χ1n) is 9.01. The molecule has 0 spiro atoms. The molecule has 3 heterocycles. The number of nitrogens with zero attached hydrogens (tertiary/aromatic N) is 5. The topological polar surface area (TPSA) is 65.6 Å². The Bertz CT molecular complexity index is 1440. The maximum absolute atomic E-state index is 13.2. The molecule has 28 heavy (non-hydrogen) atoms. The molecule has 0 radical (unpaired) electrons. The lowest BCUT2D eigenvalue weighted by Gasteiger charge is -2.07. The normalized spacial score (nSPS) is 11.5. The summed E-state index contributed by atoms with van der Waals surface area (Å²) in [7, 11) is 0. The fourth-order valence-electron chi connectivity index (χ4n) is 3.55. The summed E-state index contributed by atoms with van der Waals surface area (Å²) in [6, 6.07) is 15.7. The molecule has 6 nitrogen and oxygen atoms in total. The van der Waals surface area contributed by atoms with Gasteiger partial charge >= 0.3 is 0 Å². The Kier molecular flexibility index (Phi) is 3.58. The quantitative estimate of drug-likeness (QED) is 0.455. The van der Waals surface area contributed by atoms with Gasteiger partial charge in [-0.3, -0.25) is 13.9 Å². The zero-order chi connectivity index (χ0) is 19.3. The third-order valence-electron chi connectivity index (χ3n) is 4.82. The Hall–Kier alpha value is -3.80. The Morgan fingerprint density at radius 3 is 2.57 bits per heavy atom. The summed E-state index contributed by atoms with van der Waals surface area (Å²) < 4.78 is 3.45. The van der Waals surface area contributed by atoms with Crippen molar-refractivity contribution in [2.45, 2.75) is 13.5 Å². The van der Waals surface area contributed by atoms with Gasteiger partial charge in [-0.05, 0) is 36.8 Å². The fraction of sp³-hybridized carbons (Fsp3) is 0.0909. The van der Waals surface area contributed by atoms with Crippen LogP contribution < -0.4 is 5.56 Å². The van der Waals surface area contributed by atoms with Crippen LogP contribution in [0.1, 0.15) is 5.56 Å². The predicted octanol–water partition coefficient (Wildman–Crippen LogP) is 3.78. The van der Waals surface area contributed by atoms with Gasteiger partial charge in [0.15, 0.2) is 11.3 Å². The number of fused-ring (bicyclic) bond motifs is 4. The summed E-state index contributed by atoms with van der Waals surface area (Å²) in [5, 5.41) is 0.471. The molecule has 0 saturated heterocycles. The van der Waals surface area contributed by atoms with Crippen molar-refractivity contribution in [1.29, 1.82) is 0 Å². The number of allylic oxidation sites excluding steroid dienone is 1. The molecule has 0 fully saturated rings. The second-order valence-corrected chi connectivity index (χ2v) is 6.75. The molecule has 0 amide bonds. The van der Waals surface area contributed by atoms with Crippen LogP contribution in [0.15, 0.2) is 72.3 Å². The van der Waals surface area contributed by atoms with E-state index in [-0.39, 0.29) is 5.56 Å². The van der Waals surface area contributed by atoms with E-state index in [2.05, 4.69) is 11.6 Å². The Labute approximate surface area is 160 Å². The van der Waals surface area contributed by atoms with Gasteiger partial charge < -0.3 is 0 Å². The first-order chi connectivity index (χ1) is 13.7. The molecule has 0 bridgehead atoms. The van der Waals surface area contributed by atoms with E-state index in [0.29, 0.717) is 28.7 Å². The van der Waals surface area contributed by atoms with Crippen molar-refractivity contribution in [1.82, 2.24) is 24.1 Å². The summed E-state index contributed by atoms with van der Waals surface area (Å²) in [6.07, 6.45) is 3.23. The van der Waals surface area contributed by atoms with Crippen LogP contribution in [-0.2, 0) is 6.54 Å². The van der Waals surface area contributed by atoms with E-state index >= 15 is 0 Å². The summed E-state index contributed by atoms with van der Waals surface area (Å²) >= 11 is 0. The molecular formula is C22H17N5O. The molecular weight excluding hydrogens is 350 g/mol. The van der Waals surface area contributed by atoms with E-state index in [9.17, 15) is 4.79 Å². The molecule has 136 valence electrons. The van der Waals surface area contributed by atoms with E-state index in [1.807, 2.05) is 60.0 Å². The van der Waals surface area contributed by atoms with E-state index in [1.165, 1.54) is 4.57 Å². The van der Waals surface area contributed by atoms with Crippen LogP contribution in [0.4, 0.5) is 0 Å². The SMILES string of the molecule is C=CCn1cnc2c(c1=O)c1nc3ccccc3nc1n2-c1cccc(C)c1. The summed E-state index contributed by atoms with van der Waals surface area (Å²) in [4.78, 5) is 27.4. The molecule has 0 aliphatic rings. The van der Waals surface area contributed by atoms with Crippen molar-refractivity contribution in [3.8, 4) is 5.69 Å². The van der Waals surface area contributed by atoms with Gasteiger partial charge in [-0.1, -0.05) is 30.3 Å². The van der Waals surface area contributed by atoms with Gasteiger partial charge in [0.2, 0.25) is 0 Å². The van der Waals surface area contributed by atoms with Crippen molar-refractivity contribution < 1.29 is 0 Å². The molecule has 6 heteroatoms. The molecule has 0 atom stereocenters. The van der Waals surface area contributed by atoms with Crippen LogP contribution in [0.5, 0.6) is 0 Å². The molecule has 5 aromatic rings. The highest BCUT2D eigenvalue weighted by atomic mass is 16.1. The second kappa shape index (κ2) is 6.13. The van der Waals surface area contributed by atoms with Crippen LogP contribution in [0.3, 0.4) is 0 Å². The molecule has 0 aliphatic heterocycles. The van der Waals surface area contributed by atoms with Crippen LogP contribution in [0, 0.1) is 6.92 Å². The molecule has 3 aromatic heterocycles. The maximum Gasteiger partial charge on any atom is 0.265 e. The third-order valence-corrected chi connectivity index (χ3v) is 4.82. The lowest BCUT2D eigenvalue weighted by Crippen LogP contribution is -2.20. The van der Waals surface area contributed by atoms with E-state index in [0.717, 1.165) is 22.3 Å². The second-order valence-electron chi connectivity index (χ2n) is 6.75. The van der Waals surface area contributed by atoms with Gasteiger partial charge in [0.25, 0.3) is 5.56 Å². The van der Waals surface area contributed by atoms with Crippen LogP contribution in [-0.4, -0.2) is 24.1 Å². The van der Waals surface area contributed by atoms with Gasteiger partial charge in [0, 0.05) is 12.2 Å². The van der Waals surface area contributed by atoms with E-state index < -0.39 is 0 Å². The molecule has 5 rings (SSSR count). The van der Waals surface area contributed by atoms with Gasteiger partial charge in [-0.2, -0.15) is 0 Å². The van der Waals surface area contributed by atoms with Crippen molar-refractivity contribution in [3.63, 3.8) is 0 Å². The van der Waals surface area contributed by atoms with E-state index in [4.69, 9.17) is 9.97 Å². The van der Waals surface area contributed by atoms with Crippen molar-refractivity contribution >= 4 is 33.2 Å².